The molecule has 0 radical (unpaired) electrons. The standard InChI is InChI=1S/C21H21N7O3/c1-13-8-9-22-21-25-18(26-28(13)21)20(30)27(11-14-5-4-10-31-14)12-17-23-16-7-3-2-6-15(16)19(29)24-17/h2-3,6-9,14H,4-5,10-12H2,1H3,(H,23,24,29)/t14-/m1/s1. The van der Waals surface area contributed by atoms with Gasteiger partial charge in [-0.15, -0.1) is 5.10 Å². The van der Waals surface area contributed by atoms with Crippen molar-refractivity contribution in [2.24, 2.45) is 0 Å². The maximum absolute atomic E-state index is 13.4. The van der Waals surface area contributed by atoms with Crippen LogP contribution in [-0.2, 0) is 11.3 Å². The maximum atomic E-state index is 13.4. The molecule has 1 N–H and O–H groups in total. The highest BCUT2D eigenvalue weighted by atomic mass is 16.5. The third-order valence-corrected chi connectivity index (χ3v) is 5.36. The number of aromatic nitrogens is 6. The molecule has 10 nitrogen and oxygen atoms in total. The molecule has 1 fully saturated rings. The summed E-state index contributed by atoms with van der Waals surface area (Å²) < 4.78 is 7.27. The number of amides is 1. The lowest BCUT2D eigenvalue weighted by molar-refractivity contribution is 0.0492. The number of nitrogens with one attached hydrogen (secondary N) is 1. The molecule has 31 heavy (non-hydrogen) atoms. The lowest BCUT2D eigenvalue weighted by Crippen LogP contribution is -2.38. The third kappa shape index (κ3) is 3.77. The fourth-order valence-corrected chi connectivity index (χ4v) is 3.78. The van der Waals surface area contributed by atoms with E-state index in [-0.39, 0.29) is 29.9 Å². The van der Waals surface area contributed by atoms with Crippen molar-refractivity contribution < 1.29 is 9.53 Å². The van der Waals surface area contributed by atoms with Crippen LogP contribution in [0.15, 0.2) is 41.3 Å². The molecule has 5 rings (SSSR count). The molecule has 1 amide bonds. The topological polar surface area (TPSA) is 118 Å². The third-order valence-electron chi connectivity index (χ3n) is 5.36. The minimum atomic E-state index is -0.365. The lowest BCUT2D eigenvalue weighted by atomic mass is 10.2. The average molecular weight is 419 g/mol. The number of hydrogen-bond donors (Lipinski definition) is 1. The molecular formula is C21H21N7O3. The number of aromatic amines is 1. The zero-order valence-electron chi connectivity index (χ0n) is 17.0. The number of H-pyrrole nitrogens is 1. The van der Waals surface area contributed by atoms with Gasteiger partial charge in [0.1, 0.15) is 5.82 Å². The van der Waals surface area contributed by atoms with E-state index in [0.717, 1.165) is 18.5 Å². The molecule has 4 heterocycles. The second-order valence-corrected chi connectivity index (χ2v) is 7.58. The molecule has 158 valence electrons. The van der Waals surface area contributed by atoms with Crippen LogP contribution in [0, 0.1) is 6.92 Å². The Balaban J connectivity index is 1.49. The number of para-hydroxylation sites is 1. The minimum absolute atomic E-state index is 0.0444. The van der Waals surface area contributed by atoms with Crippen LogP contribution in [0.5, 0.6) is 0 Å². The van der Waals surface area contributed by atoms with Gasteiger partial charge in [-0.1, -0.05) is 12.1 Å². The van der Waals surface area contributed by atoms with Crippen molar-refractivity contribution in [3.05, 3.63) is 64.2 Å². The second kappa shape index (κ2) is 7.88. The first kappa shape index (κ1) is 19.3. The Morgan fingerprint density at radius 3 is 2.97 bits per heavy atom. The molecule has 1 aromatic carbocycles. The van der Waals surface area contributed by atoms with Crippen LogP contribution in [0.3, 0.4) is 0 Å². The Hall–Kier alpha value is -3.66. The molecule has 0 saturated carbocycles. The summed E-state index contributed by atoms with van der Waals surface area (Å²) in [5, 5.41) is 4.84. The summed E-state index contributed by atoms with van der Waals surface area (Å²) in [7, 11) is 0. The number of hydrogen-bond acceptors (Lipinski definition) is 7. The second-order valence-electron chi connectivity index (χ2n) is 7.58. The number of ether oxygens (including phenoxy) is 1. The molecule has 1 aliphatic heterocycles. The summed E-state index contributed by atoms with van der Waals surface area (Å²) in [5.74, 6) is 0.435. The molecule has 0 unspecified atom stereocenters. The van der Waals surface area contributed by atoms with Gasteiger partial charge in [-0.2, -0.15) is 4.98 Å². The van der Waals surface area contributed by atoms with Crippen LogP contribution in [0.2, 0.25) is 0 Å². The fraction of sp³-hybridized carbons (Fsp3) is 0.333. The van der Waals surface area contributed by atoms with Gasteiger partial charge in [-0.25, -0.2) is 14.5 Å². The molecule has 1 atom stereocenters. The zero-order valence-corrected chi connectivity index (χ0v) is 17.0. The van der Waals surface area contributed by atoms with Crippen LogP contribution >= 0.6 is 0 Å². The smallest absolute Gasteiger partial charge is 0.294 e. The van der Waals surface area contributed by atoms with Crippen LogP contribution in [0.1, 0.15) is 35.0 Å². The average Bonchev–Trinajstić information content (AvgIpc) is 3.43. The highest BCUT2D eigenvalue weighted by Gasteiger charge is 2.27. The van der Waals surface area contributed by atoms with Crippen LogP contribution in [-0.4, -0.2) is 59.6 Å². The largest absolute Gasteiger partial charge is 0.376 e. The fourth-order valence-electron chi connectivity index (χ4n) is 3.78. The number of aryl methyl sites for hydroxylation is 1. The minimum Gasteiger partial charge on any atom is -0.376 e. The summed E-state index contributed by atoms with van der Waals surface area (Å²) in [4.78, 5) is 43.2. The van der Waals surface area contributed by atoms with E-state index in [1.54, 1.807) is 35.4 Å². The number of rotatable bonds is 5. The summed E-state index contributed by atoms with van der Waals surface area (Å²) in [5.41, 5.74) is 1.16. The van der Waals surface area contributed by atoms with Gasteiger partial charge in [0.25, 0.3) is 17.2 Å². The van der Waals surface area contributed by atoms with Gasteiger partial charge in [-0.3, -0.25) is 9.59 Å². The van der Waals surface area contributed by atoms with Crippen LogP contribution < -0.4 is 5.56 Å². The summed E-state index contributed by atoms with van der Waals surface area (Å²) in [6.07, 6.45) is 3.37. The van der Waals surface area contributed by atoms with E-state index in [2.05, 4.69) is 25.0 Å². The molecule has 1 aliphatic rings. The molecule has 1 saturated heterocycles. The van der Waals surface area contributed by atoms with Gasteiger partial charge in [0.05, 0.1) is 23.6 Å². The molecule has 0 aliphatic carbocycles. The van der Waals surface area contributed by atoms with Gasteiger partial charge < -0.3 is 14.6 Å². The number of carbonyl (C=O) groups is 1. The van der Waals surface area contributed by atoms with Gasteiger partial charge >= 0.3 is 0 Å². The van der Waals surface area contributed by atoms with E-state index in [9.17, 15) is 9.59 Å². The molecule has 4 aromatic rings. The van der Waals surface area contributed by atoms with Crippen LogP contribution in [0.4, 0.5) is 0 Å². The van der Waals surface area contributed by atoms with E-state index in [1.165, 1.54) is 4.52 Å². The Morgan fingerprint density at radius 2 is 2.16 bits per heavy atom. The Morgan fingerprint density at radius 1 is 1.29 bits per heavy atom. The first-order chi connectivity index (χ1) is 15.1. The van der Waals surface area contributed by atoms with Gasteiger partial charge in [0.2, 0.25) is 5.82 Å². The van der Waals surface area contributed by atoms with Crippen molar-refractivity contribution in [1.29, 1.82) is 0 Å². The number of benzene rings is 1. The molecule has 0 bridgehead atoms. The van der Waals surface area contributed by atoms with E-state index < -0.39 is 0 Å². The SMILES string of the molecule is Cc1ccnc2nc(C(=O)N(Cc3nc4ccccc4c(=O)[nH]3)C[C@H]3CCCO3)nn12. The van der Waals surface area contributed by atoms with Gasteiger partial charge in [0.15, 0.2) is 0 Å². The first-order valence-electron chi connectivity index (χ1n) is 10.2. The molecule has 0 spiro atoms. The highest BCUT2D eigenvalue weighted by molar-refractivity contribution is 5.91. The Kier molecular flexibility index (Phi) is 4.91. The molecular weight excluding hydrogens is 398 g/mol. The van der Waals surface area contributed by atoms with Crippen molar-refractivity contribution in [3.8, 4) is 0 Å². The number of fused-ring (bicyclic) bond motifs is 2. The highest BCUT2D eigenvalue weighted by Crippen LogP contribution is 2.16. The quantitative estimate of drug-likeness (QED) is 0.521. The predicted octanol–water partition coefficient (Wildman–Crippen LogP) is 1.49. The Bertz CT molecular complexity index is 1320. The predicted molar refractivity (Wildman–Crippen MR) is 112 cm³/mol. The number of carbonyl (C=O) groups excluding carboxylic acids is 1. The maximum Gasteiger partial charge on any atom is 0.294 e. The summed E-state index contributed by atoms with van der Waals surface area (Å²) in [6.45, 7) is 3.01. The van der Waals surface area contributed by atoms with E-state index in [4.69, 9.17) is 4.74 Å². The monoisotopic (exact) mass is 419 g/mol. The van der Waals surface area contributed by atoms with Crippen LogP contribution in [0.25, 0.3) is 16.7 Å². The first-order valence-corrected chi connectivity index (χ1v) is 10.2. The summed E-state index contributed by atoms with van der Waals surface area (Å²) >= 11 is 0. The molecule has 10 heteroatoms. The van der Waals surface area contributed by atoms with E-state index >= 15 is 0 Å². The van der Waals surface area contributed by atoms with Crippen molar-refractivity contribution in [1.82, 2.24) is 34.4 Å². The van der Waals surface area contributed by atoms with Gasteiger partial charge in [0, 0.05) is 25.0 Å². The Labute approximate surface area is 176 Å². The van der Waals surface area contributed by atoms with Crippen molar-refractivity contribution in [2.45, 2.75) is 32.4 Å². The molecule has 3 aromatic heterocycles. The number of nitrogens with zero attached hydrogens (tertiary/aromatic N) is 6. The zero-order chi connectivity index (χ0) is 21.4. The van der Waals surface area contributed by atoms with Crippen molar-refractivity contribution >= 4 is 22.6 Å². The summed E-state index contributed by atoms with van der Waals surface area (Å²) in [6, 6.07) is 8.90. The van der Waals surface area contributed by atoms with Crippen molar-refractivity contribution in [2.75, 3.05) is 13.2 Å². The normalized spacial score (nSPS) is 16.2. The van der Waals surface area contributed by atoms with E-state index in [0.29, 0.717) is 35.7 Å². The van der Waals surface area contributed by atoms with Gasteiger partial charge in [-0.05, 0) is 38.0 Å². The van der Waals surface area contributed by atoms with E-state index in [1.807, 2.05) is 13.0 Å². The van der Waals surface area contributed by atoms with Crippen molar-refractivity contribution in [3.63, 3.8) is 0 Å². The lowest BCUT2D eigenvalue weighted by Gasteiger charge is -2.24.